The molecule has 0 amide bonds. The molecule has 1 heterocycles. The highest BCUT2D eigenvalue weighted by atomic mass is 16.5. The van der Waals surface area contributed by atoms with Crippen LogP contribution in [0.3, 0.4) is 0 Å². The van der Waals surface area contributed by atoms with Crippen molar-refractivity contribution in [1.82, 2.24) is 9.97 Å². The fourth-order valence-corrected chi connectivity index (χ4v) is 4.27. The maximum absolute atomic E-state index is 6.34. The van der Waals surface area contributed by atoms with E-state index in [1.807, 2.05) is 13.1 Å². The smallest absolute Gasteiger partial charge is 0.219 e. The first-order chi connectivity index (χ1) is 9.90. The molecule has 2 fully saturated rings. The molecule has 2 aliphatic rings. The molecular formula is C17H27N3O. The number of aryl methyl sites for hydroxylation is 1. The van der Waals surface area contributed by atoms with Gasteiger partial charge < -0.3 is 10.1 Å². The first-order valence-corrected chi connectivity index (χ1v) is 8.13. The largest absolute Gasteiger partial charge is 0.474 e. The van der Waals surface area contributed by atoms with Crippen molar-refractivity contribution in [1.29, 1.82) is 0 Å². The first kappa shape index (κ1) is 14.6. The number of hydrogen-bond donors (Lipinski definition) is 1. The molecule has 0 radical (unpaired) electrons. The van der Waals surface area contributed by atoms with E-state index in [1.165, 1.54) is 12.8 Å². The van der Waals surface area contributed by atoms with E-state index in [1.54, 1.807) is 0 Å². The molecule has 2 saturated carbocycles. The third-order valence-electron chi connectivity index (χ3n) is 6.30. The zero-order chi connectivity index (χ0) is 15.3. The highest BCUT2D eigenvalue weighted by Gasteiger charge is 2.62. The van der Waals surface area contributed by atoms with E-state index in [4.69, 9.17) is 4.74 Å². The number of aromatic nitrogens is 2. The summed E-state index contributed by atoms with van der Waals surface area (Å²) in [5, 5.41) is 3.10. The van der Waals surface area contributed by atoms with Gasteiger partial charge in [0, 0.05) is 24.9 Å². The molecular weight excluding hydrogens is 262 g/mol. The van der Waals surface area contributed by atoms with Gasteiger partial charge in [0.1, 0.15) is 17.7 Å². The average molecular weight is 289 g/mol. The van der Waals surface area contributed by atoms with Gasteiger partial charge in [0.25, 0.3) is 0 Å². The van der Waals surface area contributed by atoms with Gasteiger partial charge in [-0.1, -0.05) is 27.7 Å². The Morgan fingerprint density at radius 1 is 1.33 bits per heavy atom. The molecule has 4 nitrogen and oxygen atoms in total. The van der Waals surface area contributed by atoms with Gasteiger partial charge in [-0.3, -0.25) is 0 Å². The second kappa shape index (κ2) is 4.85. The van der Waals surface area contributed by atoms with Crippen LogP contribution in [0.4, 0.5) is 5.82 Å². The molecule has 21 heavy (non-hydrogen) atoms. The molecule has 0 saturated heterocycles. The molecule has 0 spiro atoms. The van der Waals surface area contributed by atoms with Crippen molar-refractivity contribution in [2.45, 2.75) is 59.5 Å². The fourth-order valence-electron chi connectivity index (χ4n) is 4.27. The Morgan fingerprint density at radius 2 is 2.10 bits per heavy atom. The molecule has 1 N–H and O–H groups in total. The van der Waals surface area contributed by atoms with Gasteiger partial charge in [-0.2, -0.15) is 4.98 Å². The zero-order valence-electron chi connectivity index (χ0n) is 13.9. The third-order valence-corrected chi connectivity index (χ3v) is 6.30. The highest BCUT2D eigenvalue weighted by Crippen LogP contribution is 2.66. The molecule has 3 atom stereocenters. The predicted octanol–water partition coefficient (Wildman–Crippen LogP) is 3.67. The number of anilines is 1. The summed E-state index contributed by atoms with van der Waals surface area (Å²) in [6, 6.07) is 1.92. The van der Waals surface area contributed by atoms with Gasteiger partial charge in [0.2, 0.25) is 5.88 Å². The van der Waals surface area contributed by atoms with Gasteiger partial charge in [-0.15, -0.1) is 0 Å². The average Bonchev–Trinajstić information content (AvgIpc) is 2.80. The third kappa shape index (κ3) is 2.11. The zero-order valence-corrected chi connectivity index (χ0v) is 13.9. The number of nitrogens with zero attached hydrogens (tertiary/aromatic N) is 2. The normalized spacial score (nSPS) is 33.2. The van der Waals surface area contributed by atoms with Crippen molar-refractivity contribution < 1.29 is 4.74 Å². The topological polar surface area (TPSA) is 47.0 Å². The van der Waals surface area contributed by atoms with Crippen LogP contribution in [-0.2, 0) is 6.42 Å². The number of rotatable bonds is 4. The SMILES string of the molecule is CCc1nc(NC)cc(OC2CC3CCC2(C)C3(C)C)n1. The Labute approximate surface area is 127 Å². The Morgan fingerprint density at radius 3 is 2.62 bits per heavy atom. The number of fused-ring (bicyclic) bond motifs is 2. The van der Waals surface area contributed by atoms with Crippen LogP contribution in [0.5, 0.6) is 5.88 Å². The Hall–Kier alpha value is -1.32. The number of hydrogen-bond acceptors (Lipinski definition) is 4. The van der Waals surface area contributed by atoms with Crippen molar-refractivity contribution >= 4 is 5.82 Å². The molecule has 116 valence electrons. The molecule has 3 unspecified atom stereocenters. The molecule has 2 bridgehead atoms. The second-order valence-electron chi connectivity index (χ2n) is 7.33. The van der Waals surface area contributed by atoms with E-state index in [9.17, 15) is 0 Å². The van der Waals surface area contributed by atoms with Gasteiger partial charge >= 0.3 is 0 Å². The van der Waals surface area contributed by atoms with Crippen molar-refractivity contribution in [3.63, 3.8) is 0 Å². The molecule has 0 aliphatic heterocycles. The molecule has 2 aliphatic carbocycles. The van der Waals surface area contributed by atoms with Crippen LogP contribution in [0.2, 0.25) is 0 Å². The second-order valence-corrected chi connectivity index (χ2v) is 7.33. The van der Waals surface area contributed by atoms with E-state index in [2.05, 4.69) is 43.0 Å². The summed E-state index contributed by atoms with van der Waals surface area (Å²) in [6.45, 7) is 9.28. The summed E-state index contributed by atoms with van der Waals surface area (Å²) in [6.07, 6.45) is 4.86. The van der Waals surface area contributed by atoms with Crippen LogP contribution >= 0.6 is 0 Å². The lowest BCUT2D eigenvalue weighted by Crippen LogP contribution is -2.39. The van der Waals surface area contributed by atoms with Crippen LogP contribution in [0.25, 0.3) is 0 Å². The van der Waals surface area contributed by atoms with Crippen LogP contribution in [0.15, 0.2) is 6.07 Å². The van der Waals surface area contributed by atoms with E-state index in [-0.39, 0.29) is 11.5 Å². The lowest BCUT2D eigenvalue weighted by molar-refractivity contribution is 0.0271. The number of nitrogens with one attached hydrogen (secondary N) is 1. The minimum atomic E-state index is 0.259. The summed E-state index contributed by atoms with van der Waals surface area (Å²) in [5.41, 5.74) is 0.624. The Balaban J connectivity index is 1.85. The summed E-state index contributed by atoms with van der Waals surface area (Å²) in [5.74, 6) is 3.18. The van der Waals surface area contributed by atoms with Gasteiger partial charge in [0.05, 0.1) is 0 Å². The summed E-state index contributed by atoms with van der Waals surface area (Å²) in [7, 11) is 1.88. The number of ether oxygens (including phenoxy) is 1. The molecule has 1 aromatic rings. The monoisotopic (exact) mass is 289 g/mol. The summed E-state index contributed by atoms with van der Waals surface area (Å²) in [4.78, 5) is 8.99. The Kier molecular flexibility index (Phi) is 3.38. The van der Waals surface area contributed by atoms with E-state index < -0.39 is 0 Å². The first-order valence-electron chi connectivity index (χ1n) is 8.13. The fraction of sp³-hybridized carbons (Fsp3) is 0.765. The molecule has 0 aromatic carbocycles. The van der Waals surface area contributed by atoms with E-state index in [0.717, 1.165) is 36.3 Å². The molecule has 1 aromatic heterocycles. The van der Waals surface area contributed by atoms with Crippen molar-refractivity contribution in [2.24, 2.45) is 16.7 Å². The van der Waals surface area contributed by atoms with Crippen molar-refractivity contribution in [3.8, 4) is 5.88 Å². The van der Waals surface area contributed by atoms with Crippen LogP contribution in [0, 0.1) is 16.7 Å². The van der Waals surface area contributed by atoms with Crippen LogP contribution in [-0.4, -0.2) is 23.1 Å². The highest BCUT2D eigenvalue weighted by molar-refractivity contribution is 5.38. The lowest BCUT2D eigenvalue weighted by Gasteiger charge is -2.38. The molecule has 3 rings (SSSR count). The summed E-state index contributed by atoms with van der Waals surface area (Å²) >= 11 is 0. The van der Waals surface area contributed by atoms with Crippen molar-refractivity contribution in [3.05, 3.63) is 11.9 Å². The van der Waals surface area contributed by atoms with Gasteiger partial charge in [0.15, 0.2) is 0 Å². The van der Waals surface area contributed by atoms with Crippen molar-refractivity contribution in [2.75, 3.05) is 12.4 Å². The quantitative estimate of drug-likeness (QED) is 0.918. The minimum Gasteiger partial charge on any atom is -0.474 e. The lowest BCUT2D eigenvalue weighted by atomic mass is 9.70. The maximum Gasteiger partial charge on any atom is 0.219 e. The minimum absolute atomic E-state index is 0.259. The van der Waals surface area contributed by atoms with Crippen LogP contribution < -0.4 is 10.1 Å². The maximum atomic E-state index is 6.34. The van der Waals surface area contributed by atoms with Gasteiger partial charge in [-0.05, 0) is 30.6 Å². The standard InChI is InChI=1S/C17H27N3O/c1-6-13-19-14(18-5)10-15(20-13)21-12-9-11-7-8-17(12,4)16(11,2)3/h10-12H,6-9H2,1-5H3,(H,18,19,20). The van der Waals surface area contributed by atoms with E-state index >= 15 is 0 Å². The van der Waals surface area contributed by atoms with E-state index in [0.29, 0.717) is 5.41 Å². The van der Waals surface area contributed by atoms with Gasteiger partial charge in [-0.25, -0.2) is 4.98 Å². The molecule has 4 heteroatoms. The Bertz CT molecular complexity index is 521. The van der Waals surface area contributed by atoms with Crippen LogP contribution in [0.1, 0.15) is 52.8 Å². The summed E-state index contributed by atoms with van der Waals surface area (Å²) < 4.78 is 6.34. The predicted molar refractivity (Wildman–Crippen MR) is 84.6 cm³/mol.